The summed E-state index contributed by atoms with van der Waals surface area (Å²) >= 11 is 0. The molecule has 6 nitrogen and oxygen atoms in total. The molecule has 1 aliphatic heterocycles. The summed E-state index contributed by atoms with van der Waals surface area (Å²) in [6.45, 7) is 1.52. The number of hydrogen-bond donors (Lipinski definition) is 1. The lowest BCUT2D eigenvalue weighted by Crippen LogP contribution is -2.30. The maximum absolute atomic E-state index is 12.8. The minimum absolute atomic E-state index is 0.0463. The smallest absolute Gasteiger partial charge is 0.416 e. The van der Waals surface area contributed by atoms with E-state index in [9.17, 15) is 22.8 Å². The van der Waals surface area contributed by atoms with Gasteiger partial charge in [0.25, 0.3) is 0 Å². The Morgan fingerprint density at radius 1 is 1.22 bits per heavy atom. The van der Waals surface area contributed by atoms with Crippen LogP contribution < -0.4 is 16.1 Å². The van der Waals surface area contributed by atoms with Crippen molar-refractivity contribution >= 4 is 5.97 Å². The standard InChI is InChI=1S/C18H14F3NO5/c1-8-7-11-13(17(24)26-8)12(14(15(22)27-11)16(23)25-2)9-3-5-10(6-4-9)18(19,20)21/h3-7,12H,22H2,1-2H3. The van der Waals surface area contributed by atoms with Crippen molar-refractivity contribution in [3.63, 3.8) is 0 Å². The predicted molar refractivity (Wildman–Crippen MR) is 86.9 cm³/mol. The van der Waals surface area contributed by atoms with E-state index in [1.807, 2.05) is 0 Å². The molecule has 0 spiro atoms. The molecule has 3 rings (SSSR count). The SMILES string of the molecule is COC(=O)C1=C(N)Oc2cc(C)oc(=O)c2C1c1ccc(C(F)(F)F)cc1. The Kier molecular flexibility index (Phi) is 4.46. The molecule has 0 amide bonds. The summed E-state index contributed by atoms with van der Waals surface area (Å²) in [5.74, 6) is -1.95. The summed E-state index contributed by atoms with van der Waals surface area (Å²) in [5.41, 5.74) is 4.17. The van der Waals surface area contributed by atoms with E-state index in [2.05, 4.69) is 0 Å². The van der Waals surface area contributed by atoms with Crippen molar-refractivity contribution in [2.24, 2.45) is 5.73 Å². The van der Waals surface area contributed by atoms with Gasteiger partial charge in [-0.1, -0.05) is 12.1 Å². The van der Waals surface area contributed by atoms with Gasteiger partial charge in [-0.25, -0.2) is 9.59 Å². The topological polar surface area (TPSA) is 91.8 Å². The van der Waals surface area contributed by atoms with Gasteiger partial charge in [-0.15, -0.1) is 0 Å². The third-order valence-electron chi connectivity index (χ3n) is 4.11. The van der Waals surface area contributed by atoms with E-state index in [0.29, 0.717) is 0 Å². The lowest BCUT2D eigenvalue weighted by Gasteiger charge is -2.27. The second kappa shape index (κ2) is 6.49. The van der Waals surface area contributed by atoms with Gasteiger partial charge >= 0.3 is 17.8 Å². The van der Waals surface area contributed by atoms with Crippen LogP contribution >= 0.6 is 0 Å². The summed E-state index contributed by atoms with van der Waals surface area (Å²) in [7, 11) is 1.11. The van der Waals surface area contributed by atoms with Crippen molar-refractivity contribution in [3.05, 3.63) is 74.7 Å². The lowest BCUT2D eigenvalue weighted by molar-refractivity contribution is -0.138. The van der Waals surface area contributed by atoms with E-state index in [-0.39, 0.29) is 34.1 Å². The summed E-state index contributed by atoms with van der Waals surface area (Å²) in [6, 6.07) is 5.45. The highest BCUT2D eigenvalue weighted by Crippen LogP contribution is 2.42. The van der Waals surface area contributed by atoms with Crippen molar-refractivity contribution in [1.29, 1.82) is 0 Å². The molecule has 0 aliphatic carbocycles. The van der Waals surface area contributed by atoms with Gasteiger partial charge in [0.05, 0.1) is 24.2 Å². The molecular weight excluding hydrogens is 367 g/mol. The van der Waals surface area contributed by atoms with Crippen molar-refractivity contribution < 1.29 is 31.9 Å². The number of ether oxygens (including phenoxy) is 2. The average Bonchev–Trinajstić information content (AvgIpc) is 2.59. The molecule has 1 aromatic heterocycles. The van der Waals surface area contributed by atoms with Gasteiger partial charge in [0, 0.05) is 6.07 Å². The van der Waals surface area contributed by atoms with Crippen LogP contribution in [0, 0.1) is 6.92 Å². The van der Waals surface area contributed by atoms with Gasteiger partial charge in [-0.2, -0.15) is 13.2 Å². The fourth-order valence-electron chi connectivity index (χ4n) is 2.92. The molecule has 0 fully saturated rings. The number of carbonyl (C=O) groups excluding carboxylic acids is 1. The Morgan fingerprint density at radius 2 is 1.85 bits per heavy atom. The number of benzene rings is 1. The van der Waals surface area contributed by atoms with Crippen molar-refractivity contribution in [2.75, 3.05) is 7.11 Å². The van der Waals surface area contributed by atoms with Crippen LogP contribution in [0.2, 0.25) is 0 Å². The summed E-state index contributed by atoms with van der Waals surface area (Å²) < 4.78 is 53.7. The molecule has 2 N–H and O–H groups in total. The zero-order chi connectivity index (χ0) is 19.9. The number of methoxy groups -OCH3 is 1. The molecule has 0 bridgehead atoms. The molecular formula is C18H14F3NO5. The van der Waals surface area contributed by atoms with Gasteiger partial charge in [0.1, 0.15) is 17.1 Å². The molecule has 2 heterocycles. The number of nitrogens with two attached hydrogens (primary N) is 1. The van der Waals surface area contributed by atoms with E-state index in [4.69, 9.17) is 19.6 Å². The third kappa shape index (κ3) is 3.27. The Labute approximate surface area is 151 Å². The number of hydrogen-bond acceptors (Lipinski definition) is 6. The van der Waals surface area contributed by atoms with E-state index in [1.54, 1.807) is 0 Å². The van der Waals surface area contributed by atoms with E-state index < -0.39 is 29.3 Å². The molecule has 1 unspecified atom stereocenters. The van der Waals surface area contributed by atoms with Crippen LogP contribution in [0.15, 0.2) is 51.0 Å². The maximum Gasteiger partial charge on any atom is 0.416 e. The number of halogens is 3. The van der Waals surface area contributed by atoms with Crippen LogP contribution in [0.4, 0.5) is 13.2 Å². The molecule has 1 atom stereocenters. The summed E-state index contributed by atoms with van der Waals surface area (Å²) in [5, 5.41) is 0. The normalized spacial score (nSPS) is 16.6. The number of fused-ring (bicyclic) bond motifs is 1. The molecule has 0 saturated carbocycles. The zero-order valence-electron chi connectivity index (χ0n) is 14.2. The van der Waals surface area contributed by atoms with Crippen LogP contribution in [-0.2, 0) is 15.7 Å². The fraction of sp³-hybridized carbons (Fsp3) is 0.222. The fourth-order valence-corrected chi connectivity index (χ4v) is 2.92. The number of alkyl halides is 3. The molecule has 2 aromatic rings. The second-order valence-electron chi connectivity index (χ2n) is 5.85. The van der Waals surface area contributed by atoms with Gasteiger partial charge in [0.15, 0.2) is 0 Å². The molecule has 9 heteroatoms. The van der Waals surface area contributed by atoms with Crippen molar-refractivity contribution in [2.45, 2.75) is 19.0 Å². The second-order valence-corrected chi connectivity index (χ2v) is 5.85. The third-order valence-corrected chi connectivity index (χ3v) is 4.11. The Morgan fingerprint density at radius 3 is 2.41 bits per heavy atom. The molecule has 1 aromatic carbocycles. The maximum atomic E-state index is 12.8. The number of aryl methyl sites for hydroxylation is 1. The van der Waals surface area contributed by atoms with E-state index in [0.717, 1.165) is 31.4 Å². The highest BCUT2D eigenvalue weighted by atomic mass is 19.4. The van der Waals surface area contributed by atoms with E-state index in [1.165, 1.54) is 13.0 Å². The van der Waals surface area contributed by atoms with Crippen LogP contribution in [0.25, 0.3) is 0 Å². The predicted octanol–water partition coefficient (Wildman–Crippen LogP) is 2.83. The van der Waals surface area contributed by atoms with Crippen LogP contribution in [0.3, 0.4) is 0 Å². The Bertz CT molecular complexity index is 990. The van der Waals surface area contributed by atoms with Gasteiger partial charge < -0.3 is 19.6 Å². The molecule has 142 valence electrons. The Balaban J connectivity index is 2.23. The first-order valence-corrected chi connectivity index (χ1v) is 7.71. The summed E-state index contributed by atoms with van der Waals surface area (Å²) in [6.07, 6.45) is -4.53. The average molecular weight is 381 g/mol. The summed E-state index contributed by atoms with van der Waals surface area (Å²) in [4.78, 5) is 24.6. The minimum Gasteiger partial charge on any atom is -0.465 e. The number of rotatable bonds is 2. The number of carbonyl (C=O) groups is 1. The monoisotopic (exact) mass is 381 g/mol. The lowest BCUT2D eigenvalue weighted by atomic mass is 9.83. The minimum atomic E-state index is -4.53. The molecule has 27 heavy (non-hydrogen) atoms. The highest BCUT2D eigenvalue weighted by molar-refractivity contribution is 5.92. The van der Waals surface area contributed by atoms with Crippen molar-refractivity contribution in [1.82, 2.24) is 0 Å². The highest BCUT2D eigenvalue weighted by Gasteiger charge is 2.39. The first kappa shape index (κ1) is 18.6. The van der Waals surface area contributed by atoms with Gasteiger partial charge in [0.2, 0.25) is 5.88 Å². The van der Waals surface area contributed by atoms with Crippen LogP contribution in [0.5, 0.6) is 5.75 Å². The van der Waals surface area contributed by atoms with E-state index >= 15 is 0 Å². The first-order valence-electron chi connectivity index (χ1n) is 7.71. The molecule has 1 aliphatic rings. The van der Waals surface area contributed by atoms with Gasteiger partial charge in [-0.3, -0.25) is 0 Å². The largest absolute Gasteiger partial charge is 0.465 e. The Hall–Kier alpha value is -3.23. The van der Waals surface area contributed by atoms with Crippen LogP contribution in [-0.4, -0.2) is 13.1 Å². The zero-order valence-corrected chi connectivity index (χ0v) is 14.2. The van der Waals surface area contributed by atoms with Crippen LogP contribution in [0.1, 0.15) is 28.4 Å². The first-order chi connectivity index (χ1) is 12.6. The molecule has 0 saturated heterocycles. The quantitative estimate of drug-likeness (QED) is 0.805. The van der Waals surface area contributed by atoms with Gasteiger partial charge in [-0.05, 0) is 24.6 Å². The van der Waals surface area contributed by atoms with Crippen molar-refractivity contribution in [3.8, 4) is 5.75 Å². The number of esters is 1. The molecule has 0 radical (unpaired) electrons.